The van der Waals surface area contributed by atoms with Crippen molar-refractivity contribution in [2.75, 3.05) is 13.2 Å². The summed E-state index contributed by atoms with van der Waals surface area (Å²) in [5.41, 5.74) is 1.25. The fourth-order valence-corrected chi connectivity index (χ4v) is 2.05. The summed E-state index contributed by atoms with van der Waals surface area (Å²) in [6, 6.07) is 26.8. The molecule has 0 aliphatic carbocycles. The second-order valence-corrected chi connectivity index (χ2v) is 4.74. The molecule has 2 nitrogen and oxygen atoms in total. The Kier molecular flexibility index (Phi) is 6.46. The van der Waals surface area contributed by atoms with Gasteiger partial charge >= 0.3 is 0 Å². The molecule has 21 heavy (non-hydrogen) atoms. The molecule has 3 aromatic carbocycles. The van der Waals surface area contributed by atoms with E-state index in [1.807, 2.05) is 48.5 Å². The summed E-state index contributed by atoms with van der Waals surface area (Å²) in [5.74, 6) is 0. The first-order valence-corrected chi connectivity index (χ1v) is 7.19. The van der Waals surface area contributed by atoms with Gasteiger partial charge in [-0.3, -0.25) is 0 Å². The number of benzene rings is 3. The molecule has 0 radical (unpaired) electrons. The van der Waals surface area contributed by atoms with E-state index in [1.165, 1.54) is 16.3 Å². The van der Waals surface area contributed by atoms with Crippen molar-refractivity contribution in [1.29, 1.82) is 0 Å². The molecule has 3 rings (SSSR count). The summed E-state index contributed by atoms with van der Waals surface area (Å²) in [4.78, 5) is 0. The Morgan fingerprint density at radius 3 is 1.95 bits per heavy atom. The molecular formula is C19H21NO. The standard InChI is InChI=1S/C13H15NO.C6H6/c15-8-7-14-10-11-5-6-12-3-1-2-4-13(12)9-11;1-2-4-6-5-3-1/h1-6,9,14-15H,7-8,10H2;1-6H. The van der Waals surface area contributed by atoms with Crippen LogP contribution in [0.2, 0.25) is 0 Å². The summed E-state index contributed by atoms with van der Waals surface area (Å²) in [7, 11) is 0. The van der Waals surface area contributed by atoms with Gasteiger partial charge in [-0.1, -0.05) is 72.8 Å². The molecule has 0 heterocycles. The van der Waals surface area contributed by atoms with E-state index in [0.717, 1.165) is 6.54 Å². The van der Waals surface area contributed by atoms with Crippen LogP contribution >= 0.6 is 0 Å². The lowest BCUT2D eigenvalue weighted by molar-refractivity contribution is 0.292. The highest BCUT2D eigenvalue weighted by atomic mass is 16.3. The van der Waals surface area contributed by atoms with Gasteiger partial charge in [0, 0.05) is 13.1 Å². The van der Waals surface area contributed by atoms with Crippen molar-refractivity contribution in [1.82, 2.24) is 5.32 Å². The van der Waals surface area contributed by atoms with Crippen LogP contribution in [0.3, 0.4) is 0 Å². The molecule has 2 N–H and O–H groups in total. The summed E-state index contributed by atoms with van der Waals surface area (Å²) in [6.07, 6.45) is 0. The molecule has 0 fully saturated rings. The van der Waals surface area contributed by atoms with E-state index in [0.29, 0.717) is 6.54 Å². The van der Waals surface area contributed by atoms with E-state index < -0.39 is 0 Å². The number of hydrogen-bond acceptors (Lipinski definition) is 2. The molecule has 0 saturated heterocycles. The summed E-state index contributed by atoms with van der Waals surface area (Å²) < 4.78 is 0. The summed E-state index contributed by atoms with van der Waals surface area (Å²) in [6.45, 7) is 1.64. The molecule has 0 spiro atoms. The Hall–Kier alpha value is -2.16. The lowest BCUT2D eigenvalue weighted by atomic mass is 10.1. The van der Waals surface area contributed by atoms with Crippen LogP contribution in [-0.4, -0.2) is 18.3 Å². The Balaban J connectivity index is 0.000000225. The average Bonchev–Trinajstić information content (AvgIpc) is 2.57. The molecule has 0 aliphatic heterocycles. The van der Waals surface area contributed by atoms with Gasteiger partial charge in [-0.15, -0.1) is 0 Å². The van der Waals surface area contributed by atoms with Crippen LogP contribution in [0.25, 0.3) is 10.8 Å². The number of aliphatic hydroxyl groups excluding tert-OH is 1. The second kappa shape index (κ2) is 8.90. The predicted octanol–water partition coefficient (Wildman–Crippen LogP) is 3.61. The van der Waals surface area contributed by atoms with Gasteiger partial charge in [-0.2, -0.15) is 0 Å². The van der Waals surface area contributed by atoms with Crippen LogP contribution in [0.4, 0.5) is 0 Å². The molecule has 2 heteroatoms. The number of aliphatic hydroxyl groups is 1. The molecule has 0 saturated carbocycles. The SMILES string of the molecule is OCCNCc1ccc2ccccc2c1.c1ccccc1. The first kappa shape index (κ1) is 15.2. The Morgan fingerprint density at radius 2 is 1.33 bits per heavy atom. The van der Waals surface area contributed by atoms with Gasteiger partial charge in [0.1, 0.15) is 0 Å². The fraction of sp³-hybridized carbons (Fsp3) is 0.158. The zero-order valence-electron chi connectivity index (χ0n) is 12.1. The van der Waals surface area contributed by atoms with Gasteiger partial charge in [-0.05, 0) is 22.4 Å². The quantitative estimate of drug-likeness (QED) is 0.715. The first-order valence-electron chi connectivity index (χ1n) is 7.19. The predicted molar refractivity (Wildman–Crippen MR) is 89.2 cm³/mol. The second-order valence-electron chi connectivity index (χ2n) is 4.74. The molecule has 108 valence electrons. The van der Waals surface area contributed by atoms with Crippen LogP contribution in [0.5, 0.6) is 0 Å². The van der Waals surface area contributed by atoms with Crippen LogP contribution in [0.1, 0.15) is 5.56 Å². The number of hydrogen-bond donors (Lipinski definition) is 2. The molecule has 0 amide bonds. The number of fused-ring (bicyclic) bond motifs is 1. The summed E-state index contributed by atoms with van der Waals surface area (Å²) in [5, 5.41) is 14.4. The van der Waals surface area contributed by atoms with Crippen molar-refractivity contribution < 1.29 is 5.11 Å². The van der Waals surface area contributed by atoms with Crippen molar-refractivity contribution in [2.24, 2.45) is 0 Å². The van der Waals surface area contributed by atoms with Crippen molar-refractivity contribution in [3.05, 3.63) is 84.4 Å². The maximum absolute atomic E-state index is 8.65. The van der Waals surface area contributed by atoms with E-state index in [9.17, 15) is 0 Å². The van der Waals surface area contributed by atoms with Crippen LogP contribution in [0.15, 0.2) is 78.9 Å². The summed E-state index contributed by atoms with van der Waals surface area (Å²) >= 11 is 0. The van der Waals surface area contributed by atoms with Gasteiger partial charge in [0.25, 0.3) is 0 Å². The fourth-order valence-electron chi connectivity index (χ4n) is 2.05. The largest absolute Gasteiger partial charge is 0.395 e. The minimum Gasteiger partial charge on any atom is -0.395 e. The third-order valence-electron chi connectivity index (χ3n) is 3.10. The molecule has 0 unspecified atom stereocenters. The Morgan fingerprint density at radius 1 is 0.714 bits per heavy atom. The zero-order chi connectivity index (χ0) is 14.8. The van der Waals surface area contributed by atoms with E-state index in [2.05, 4.69) is 35.6 Å². The molecule has 0 bridgehead atoms. The minimum atomic E-state index is 0.188. The van der Waals surface area contributed by atoms with Crippen LogP contribution < -0.4 is 5.32 Å². The van der Waals surface area contributed by atoms with Gasteiger partial charge in [-0.25, -0.2) is 0 Å². The highest BCUT2D eigenvalue weighted by Gasteiger charge is 1.95. The van der Waals surface area contributed by atoms with Crippen molar-refractivity contribution in [3.8, 4) is 0 Å². The average molecular weight is 279 g/mol. The highest BCUT2D eigenvalue weighted by Crippen LogP contribution is 2.15. The van der Waals surface area contributed by atoms with Crippen LogP contribution in [-0.2, 0) is 6.54 Å². The lowest BCUT2D eigenvalue weighted by Gasteiger charge is -2.04. The number of rotatable bonds is 4. The number of nitrogens with one attached hydrogen (secondary N) is 1. The molecule has 3 aromatic rings. The lowest BCUT2D eigenvalue weighted by Crippen LogP contribution is -2.17. The molecular weight excluding hydrogens is 258 g/mol. The molecule has 0 aliphatic rings. The first-order chi connectivity index (χ1) is 10.4. The normalized spacial score (nSPS) is 9.95. The zero-order valence-corrected chi connectivity index (χ0v) is 12.1. The molecule has 0 aromatic heterocycles. The van der Waals surface area contributed by atoms with Gasteiger partial charge in [0.2, 0.25) is 0 Å². The van der Waals surface area contributed by atoms with Crippen molar-refractivity contribution >= 4 is 10.8 Å². The maximum atomic E-state index is 8.65. The van der Waals surface area contributed by atoms with E-state index in [-0.39, 0.29) is 6.61 Å². The third-order valence-corrected chi connectivity index (χ3v) is 3.10. The smallest absolute Gasteiger partial charge is 0.0556 e. The monoisotopic (exact) mass is 279 g/mol. The highest BCUT2D eigenvalue weighted by molar-refractivity contribution is 5.82. The van der Waals surface area contributed by atoms with Gasteiger partial charge < -0.3 is 10.4 Å². The topological polar surface area (TPSA) is 32.3 Å². The van der Waals surface area contributed by atoms with E-state index >= 15 is 0 Å². The van der Waals surface area contributed by atoms with E-state index in [4.69, 9.17) is 5.11 Å². The van der Waals surface area contributed by atoms with Crippen molar-refractivity contribution in [2.45, 2.75) is 6.54 Å². The third kappa shape index (κ3) is 5.38. The maximum Gasteiger partial charge on any atom is 0.0556 e. The van der Waals surface area contributed by atoms with Crippen LogP contribution in [0, 0.1) is 0 Å². The Labute approximate surface area is 126 Å². The van der Waals surface area contributed by atoms with Gasteiger partial charge in [0.15, 0.2) is 0 Å². The molecule has 0 atom stereocenters. The van der Waals surface area contributed by atoms with Crippen molar-refractivity contribution in [3.63, 3.8) is 0 Å². The Bertz CT molecular complexity index is 610. The minimum absolute atomic E-state index is 0.188. The van der Waals surface area contributed by atoms with Gasteiger partial charge in [0.05, 0.1) is 6.61 Å². The van der Waals surface area contributed by atoms with E-state index in [1.54, 1.807) is 0 Å².